The van der Waals surface area contributed by atoms with E-state index in [2.05, 4.69) is 0 Å². The van der Waals surface area contributed by atoms with Gasteiger partial charge in [0.15, 0.2) is 5.76 Å². The van der Waals surface area contributed by atoms with Gasteiger partial charge in [0.2, 0.25) is 5.71 Å². The lowest BCUT2D eigenvalue weighted by atomic mass is 9.86. The zero-order valence-electron chi connectivity index (χ0n) is 13.7. The predicted octanol–water partition coefficient (Wildman–Crippen LogP) is 1.83. The van der Waals surface area contributed by atoms with Crippen molar-refractivity contribution in [1.29, 1.82) is 0 Å². The molecule has 8 nitrogen and oxygen atoms in total. The monoisotopic (exact) mass is 352 g/mol. The quantitative estimate of drug-likeness (QED) is 0.273. The number of hydrogen-bond acceptors (Lipinski definition) is 5. The first-order valence-electron chi connectivity index (χ1n) is 7.81. The van der Waals surface area contributed by atoms with Crippen molar-refractivity contribution in [2.75, 3.05) is 7.05 Å². The summed E-state index contributed by atoms with van der Waals surface area (Å²) in [6, 6.07) is 6.65. The normalized spacial score (nSPS) is 25.1. The summed E-state index contributed by atoms with van der Waals surface area (Å²) in [4.78, 5) is 10.9. The van der Waals surface area contributed by atoms with Crippen molar-refractivity contribution in [3.8, 4) is 0 Å². The maximum Gasteiger partial charge on any atom is 0.428 e. The minimum Gasteiger partial charge on any atom is -0.417 e. The van der Waals surface area contributed by atoms with Gasteiger partial charge in [-0.1, -0.05) is 30.4 Å². The molecule has 0 unspecified atom stereocenters. The van der Waals surface area contributed by atoms with Crippen LogP contribution in [0.5, 0.6) is 0 Å². The van der Waals surface area contributed by atoms with Crippen molar-refractivity contribution in [2.24, 2.45) is 0 Å². The molecule has 1 heterocycles. The first-order chi connectivity index (χ1) is 12.5. The van der Waals surface area contributed by atoms with E-state index in [-0.39, 0.29) is 16.3 Å². The van der Waals surface area contributed by atoms with E-state index in [1.165, 1.54) is 0 Å². The molecule has 0 saturated carbocycles. The first kappa shape index (κ1) is 15.8. The summed E-state index contributed by atoms with van der Waals surface area (Å²) in [5, 5.41) is 32.9. The Morgan fingerprint density at radius 3 is 2.69 bits per heavy atom. The lowest BCUT2D eigenvalue weighted by molar-refractivity contribution is -0.725. The van der Waals surface area contributed by atoms with Crippen LogP contribution in [0.15, 0.2) is 72.2 Å². The molecule has 1 aromatic rings. The van der Waals surface area contributed by atoms with E-state index in [4.69, 9.17) is 4.74 Å². The Labute approximate surface area is 148 Å². The predicted molar refractivity (Wildman–Crippen MR) is 91.4 cm³/mol. The van der Waals surface area contributed by atoms with E-state index in [0.717, 1.165) is 6.08 Å². The van der Waals surface area contributed by atoms with Crippen LogP contribution in [-0.2, 0) is 10.5 Å². The van der Waals surface area contributed by atoms with Crippen molar-refractivity contribution >= 4 is 11.4 Å². The van der Waals surface area contributed by atoms with Crippen LogP contribution in [-0.4, -0.2) is 38.1 Å². The molecule has 1 N–H and O–H groups in total. The Morgan fingerprint density at radius 1 is 1.19 bits per heavy atom. The van der Waals surface area contributed by atoms with Crippen LogP contribution in [0.4, 0.5) is 0 Å². The van der Waals surface area contributed by atoms with E-state index < -0.39 is 10.6 Å². The van der Waals surface area contributed by atoms with Gasteiger partial charge in [-0.25, -0.2) is 0 Å². The molecule has 0 saturated heterocycles. The van der Waals surface area contributed by atoms with Crippen molar-refractivity contribution in [3.05, 3.63) is 98.6 Å². The van der Waals surface area contributed by atoms with Gasteiger partial charge >= 0.3 is 11.4 Å². The second-order valence-electron chi connectivity index (χ2n) is 5.96. The molecule has 26 heavy (non-hydrogen) atoms. The number of likely N-dealkylation sites (N-methyl/N-ethyl adjacent to an activating group) is 1. The Balaban J connectivity index is 2.09. The van der Waals surface area contributed by atoms with Crippen LogP contribution in [0.1, 0.15) is 11.1 Å². The van der Waals surface area contributed by atoms with Crippen LogP contribution < -0.4 is 0 Å². The second-order valence-corrected chi connectivity index (χ2v) is 5.96. The number of rotatable bonds is 1. The fraction of sp³-hybridized carbons (Fsp3) is 0.111. The number of fused-ring (bicyclic) bond motifs is 3. The smallest absolute Gasteiger partial charge is 0.417 e. The molecule has 0 radical (unpaired) electrons. The Hall–Kier alpha value is -3.68. The van der Waals surface area contributed by atoms with Crippen molar-refractivity contribution in [2.45, 2.75) is 5.72 Å². The van der Waals surface area contributed by atoms with E-state index in [1.807, 2.05) is 12.2 Å². The molecular formula is C18H14N3O5+. The van der Waals surface area contributed by atoms with Gasteiger partial charge in [0.05, 0.1) is 16.1 Å². The summed E-state index contributed by atoms with van der Waals surface area (Å²) in [5.74, 6) is 0.478. The summed E-state index contributed by atoms with van der Waals surface area (Å²) >= 11 is 0. The average Bonchev–Trinajstić information content (AvgIpc) is 2.77. The van der Waals surface area contributed by atoms with Gasteiger partial charge < -0.3 is 9.94 Å². The molecule has 1 atom stereocenters. The Bertz CT molecular complexity index is 1030. The highest BCUT2D eigenvalue weighted by atomic mass is 16.8. The lowest BCUT2D eigenvalue weighted by Gasteiger charge is -2.26. The molecular weight excluding hydrogens is 338 g/mol. The molecule has 3 aliphatic rings. The summed E-state index contributed by atoms with van der Waals surface area (Å²) in [6.45, 7) is 0. The highest BCUT2D eigenvalue weighted by Crippen LogP contribution is 2.45. The number of allylic oxidation sites excluding steroid dienone is 6. The SMILES string of the molecule is C[N+]1=C2C=CC=CC=C2O[C@@]12C([N+](=O)[O-])=C/C(=[N+](\[O-])O)c1ccccc12. The molecule has 2 aliphatic carbocycles. The molecule has 0 amide bonds. The average molecular weight is 352 g/mol. The number of nitro groups is 1. The van der Waals surface area contributed by atoms with Crippen LogP contribution in [0.25, 0.3) is 0 Å². The van der Waals surface area contributed by atoms with Gasteiger partial charge in [-0.15, -0.1) is 0 Å². The molecule has 1 aromatic carbocycles. The maximum absolute atomic E-state index is 11.9. The van der Waals surface area contributed by atoms with Gasteiger partial charge in [-0.05, 0) is 18.2 Å². The van der Waals surface area contributed by atoms with Crippen LogP contribution in [0, 0.1) is 15.3 Å². The third-order valence-corrected chi connectivity index (χ3v) is 4.66. The summed E-state index contributed by atoms with van der Waals surface area (Å²) in [6.07, 6.45) is 10.0. The molecule has 8 heteroatoms. The fourth-order valence-electron chi connectivity index (χ4n) is 3.52. The van der Waals surface area contributed by atoms with Crippen molar-refractivity contribution in [1.82, 2.24) is 0 Å². The second kappa shape index (κ2) is 5.41. The van der Waals surface area contributed by atoms with E-state index in [9.17, 15) is 20.5 Å². The van der Waals surface area contributed by atoms with Gasteiger partial charge in [-0.2, -0.15) is 4.58 Å². The van der Waals surface area contributed by atoms with Crippen LogP contribution in [0.2, 0.25) is 0 Å². The molecule has 1 aliphatic heterocycles. The zero-order chi connectivity index (χ0) is 18.5. The van der Waals surface area contributed by atoms with Crippen molar-refractivity contribution in [3.63, 3.8) is 0 Å². The topological polar surface area (TPSA) is 102 Å². The molecule has 0 bridgehead atoms. The van der Waals surface area contributed by atoms with E-state index in [1.54, 1.807) is 54.1 Å². The number of hydrogen-bond donors (Lipinski definition) is 1. The van der Waals surface area contributed by atoms with E-state index >= 15 is 0 Å². The van der Waals surface area contributed by atoms with Gasteiger partial charge in [0.1, 0.15) is 13.1 Å². The number of benzene rings is 1. The summed E-state index contributed by atoms with van der Waals surface area (Å²) in [5.41, 5.74) is -0.681. The molecule has 0 aromatic heterocycles. The van der Waals surface area contributed by atoms with Crippen LogP contribution >= 0.6 is 0 Å². The molecule has 0 fully saturated rings. The summed E-state index contributed by atoms with van der Waals surface area (Å²) in [7, 11) is 1.69. The zero-order valence-corrected chi connectivity index (χ0v) is 13.7. The minimum atomic E-state index is -1.55. The molecule has 1 spiro atoms. The van der Waals surface area contributed by atoms with E-state index in [0.29, 0.717) is 22.6 Å². The third kappa shape index (κ3) is 1.95. The van der Waals surface area contributed by atoms with Gasteiger partial charge in [0, 0.05) is 11.0 Å². The highest BCUT2D eigenvalue weighted by molar-refractivity contribution is 6.09. The largest absolute Gasteiger partial charge is 0.428 e. The molecule has 130 valence electrons. The highest BCUT2D eigenvalue weighted by Gasteiger charge is 2.65. The van der Waals surface area contributed by atoms with Crippen LogP contribution in [0.3, 0.4) is 0 Å². The van der Waals surface area contributed by atoms with Gasteiger partial charge in [0.25, 0.3) is 5.71 Å². The fourth-order valence-corrected chi connectivity index (χ4v) is 3.52. The summed E-state index contributed by atoms with van der Waals surface area (Å²) < 4.78 is 7.80. The lowest BCUT2D eigenvalue weighted by Crippen LogP contribution is -2.45. The third-order valence-electron chi connectivity index (χ3n) is 4.66. The van der Waals surface area contributed by atoms with Gasteiger partial charge in [-0.3, -0.25) is 15.3 Å². The number of nitrogens with zero attached hydrogens (tertiary/aromatic N) is 3. The maximum atomic E-state index is 11.9. The minimum absolute atomic E-state index is 0.212. The Morgan fingerprint density at radius 2 is 1.96 bits per heavy atom. The van der Waals surface area contributed by atoms with Crippen molar-refractivity contribution < 1.29 is 24.3 Å². The first-order valence-corrected chi connectivity index (χ1v) is 7.81. The standard InChI is InChI=1S/C18H14N3O5/c1-19-14-9-3-2-4-10-16(14)26-18(19)13-8-6-5-7-12(13)15(20(22)23)11-17(18)21(24)25/h2-11H,1H3,(H,22,23)/q+1/t18-/m0/s1. The molecule has 4 rings (SSSR count). The Kier molecular flexibility index (Phi) is 3.30. The number of ether oxygens (including phenoxy) is 1.